The van der Waals surface area contributed by atoms with E-state index in [4.69, 9.17) is 14.6 Å². The van der Waals surface area contributed by atoms with E-state index < -0.39 is 29.9 Å². The third kappa shape index (κ3) is 5.64. The molecule has 0 bridgehead atoms. The van der Waals surface area contributed by atoms with Crippen LogP contribution >= 0.6 is 0 Å². The summed E-state index contributed by atoms with van der Waals surface area (Å²) in [5.41, 5.74) is 4.46. The minimum absolute atomic E-state index is 0.0856. The fourth-order valence-corrected chi connectivity index (χ4v) is 4.55. The number of amides is 2. The molecule has 1 heterocycles. The summed E-state index contributed by atoms with van der Waals surface area (Å²) in [5.74, 6) is 3.55. The Bertz CT molecular complexity index is 1120. The van der Waals surface area contributed by atoms with Crippen molar-refractivity contribution in [2.24, 2.45) is 5.92 Å². The minimum atomic E-state index is -0.910. The van der Waals surface area contributed by atoms with E-state index in [1.165, 1.54) is 0 Å². The number of ether oxygens (including phenoxy) is 2. The molecule has 0 aromatic heterocycles. The topological polar surface area (TPSA) is 114 Å². The fraction of sp³-hybridized carbons (Fsp3) is 0.370. The third-order valence-corrected chi connectivity index (χ3v) is 6.37. The van der Waals surface area contributed by atoms with E-state index in [-0.39, 0.29) is 38.2 Å². The molecule has 0 radical (unpaired) electrons. The van der Waals surface area contributed by atoms with Crippen LogP contribution in [0.2, 0.25) is 0 Å². The number of carboxylic acids is 1. The van der Waals surface area contributed by atoms with Gasteiger partial charge in [-0.1, -0.05) is 48.5 Å². The maximum atomic E-state index is 12.7. The number of carbonyl (C=O) groups excluding carboxylic acids is 2. The molecule has 2 amide bonds. The average molecular weight is 477 g/mol. The molecule has 2 aliphatic rings. The Morgan fingerprint density at radius 3 is 2.37 bits per heavy atom. The van der Waals surface area contributed by atoms with Crippen molar-refractivity contribution in [2.75, 3.05) is 19.8 Å². The van der Waals surface area contributed by atoms with Crippen molar-refractivity contribution in [1.29, 1.82) is 0 Å². The SMILES string of the molecule is CC#CCC(NC(=O)OCC1c2ccccc2-c2ccccc21)C(=O)NC[C@@H]1C[C@H](C(=O)O)CO1. The lowest BCUT2D eigenvalue weighted by Crippen LogP contribution is -2.48. The molecule has 8 heteroatoms. The Morgan fingerprint density at radius 2 is 1.77 bits per heavy atom. The van der Waals surface area contributed by atoms with E-state index in [0.29, 0.717) is 6.42 Å². The van der Waals surface area contributed by atoms with Crippen LogP contribution in [0.15, 0.2) is 48.5 Å². The second kappa shape index (κ2) is 11.1. The van der Waals surface area contributed by atoms with Crippen molar-refractivity contribution >= 4 is 18.0 Å². The van der Waals surface area contributed by atoms with Crippen molar-refractivity contribution in [2.45, 2.75) is 37.8 Å². The molecule has 1 unspecified atom stereocenters. The summed E-state index contributed by atoms with van der Waals surface area (Å²) in [5, 5.41) is 14.4. The Balaban J connectivity index is 1.34. The summed E-state index contributed by atoms with van der Waals surface area (Å²) in [6.07, 6.45) is -0.634. The summed E-state index contributed by atoms with van der Waals surface area (Å²) in [6, 6.07) is 15.2. The van der Waals surface area contributed by atoms with Gasteiger partial charge in [-0.3, -0.25) is 9.59 Å². The zero-order valence-electron chi connectivity index (χ0n) is 19.5. The number of carboxylic acid groups (broad SMARTS) is 1. The number of aliphatic carboxylic acids is 1. The molecule has 1 aliphatic heterocycles. The number of benzene rings is 2. The van der Waals surface area contributed by atoms with Crippen LogP contribution in [0.3, 0.4) is 0 Å². The van der Waals surface area contributed by atoms with Crippen molar-refractivity contribution in [3.63, 3.8) is 0 Å². The van der Waals surface area contributed by atoms with Gasteiger partial charge in [0.1, 0.15) is 12.6 Å². The van der Waals surface area contributed by atoms with Crippen LogP contribution in [0.1, 0.15) is 36.8 Å². The third-order valence-electron chi connectivity index (χ3n) is 6.37. The zero-order chi connectivity index (χ0) is 24.8. The molecule has 182 valence electrons. The van der Waals surface area contributed by atoms with Gasteiger partial charge in [0.25, 0.3) is 0 Å². The van der Waals surface area contributed by atoms with Gasteiger partial charge < -0.3 is 25.2 Å². The zero-order valence-corrected chi connectivity index (χ0v) is 19.5. The molecule has 1 saturated heterocycles. The van der Waals surface area contributed by atoms with Crippen LogP contribution in [-0.4, -0.2) is 55.0 Å². The lowest BCUT2D eigenvalue weighted by Gasteiger charge is -2.19. The molecule has 3 N–H and O–H groups in total. The molecular formula is C27H28N2O6. The number of hydrogen-bond donors (Lipinski definition) is 3. The fourth-order valence-electron chi connectivity index (χ4n) is 4.55. The van der Waals surface area contributed by atoms with E-state index in [1.54, 1.807) is 6.92 Å². The van der Waals surface area contributed by atoms with Crippen LogP contribution in [0.5, 0.6) is 0 Å². The molecule has 8 nitrogen and oxygen atoms in total. The summed E-state index contributed by atoms with van der Waals surface area (Å²) in [4.78, 5) is 36.4. The summed E-state index contributed by atoms with van der Waals surface area (Å²) in [7, 11) is 0. The van der Waals surface area contributed by atoms with Crippen LogP contribution in [0, 0.1) is 17.8 Å². The maximum absolute atomic E-state index is 12.7. The molecule has 1 fully saturated rings. The number of nitrogens with one attached hydrogen (secondary N) is 2. The molecule has 3 atom stereocenters. The first-order chi connectivity index (χ1) is 17.0. The Labute approximate surface area is 204 Å². The molecule has 0 spiro atoms. The van der Waals surface area contributed by atoms with Gasteiger partial charge in [0.15, 0.2) is 0 Å². The molecule has 4 rings (SSSR count). The van der Waals surface area contributed by atoms with Crippen LogP contribution in [-0.2, 0) is 19.1 Å². The molecule has 35 heavy (non-hydrogen) atoms. The van der Waals surface area contributed by atoms with Gasteiger partial charge in [-0.05, 0) is 35.6 Å². The number of rotatable bonds is 8. The van der Waals surface area contributed by atoms with Gasteiger partial charge >= 0.3 is 12.1 Å². The van der Waals surface area contributed by atoms with E-state index in [2.05, 4.69) is 34.6 Å². The summed E-state index contributed by atoms with van der Waals surface area (Å²) < 4.78 is 11.0. The lowest BCUT2D eigenvalue weighted by molar-refractivity contribution is -0.141. The molecular weight excluding hydrogens is 448 g/mol. The van der Waals surface area contributed by atoms with Crippen LogP contribution in [0.4, 0.5) is 4.79 Å². The van der Waals surface area contributed by atoms with Gasteiger partial charge in [0.05, 0.1) is 18.6 Å². The van der Waals surface area contributed by atoms with E-state index in [9.17, 15) is 14.4 Å². The quantitative estimate of drug-likeness (QED) is 0.505. The van der Waals surface area contributed by atoms with E-state index in [0.717, 1.165) is 22.3 Å². The highest BCUT2D eigenvalue weighted by molar-refractivity contribution is 5.86. The van der Waals surface area contributed by atoms with Crippen molar-refractivity contribution in [3.8, 4) is 23.0 Å². The molecule has 2 aromatic carbocycles. The maximum Gasteiger partial charge on any atom is 0.407 e. The predicted molar refractivity (Wildman–Crippen MR) is 129 cm³/mol. The van der Waals surface area contributed by atoms with Crippen molar-refractivity contribution < 1.29 is 29.0 Å². The summed E-state index contributed by atoms with van der Waals surface area (Å²) in [6.45, 7) is 2.07. The highest BCUT2D eigenvalue weighted by atomic mass is 16.5. The van der Waals surface area contributed by atoms with E-state index in [1.807, 2.05) is 36.4 Å². The van der Waals surface area contributed by atoms with Crippen molar-refractivity contribution in [3.05, 3.63) is 59.7 Å². The first-order valence-electron chi connectivity index (χ1n) is 11.6. The van der Waals surface area contributed by atoms with Crippen LogP contribution in [0.25, 0.3) is 11.1 Å². The smallest absolute Gasteiger partial charge is 0.407 e. The minimum Gasteiger partial charge on any atom is -0.481 e. The number of alkyl carbamates (subject to hydrolysis) is 1. The average Bonchev–Trinajstić information content (AvgIpc) is 3.47. The Kier molecular flexibility index (Phi) is 7.68. The number of hydrogen-bond acceptors (Lipinski definition) is 5. The van der Waals surface area contributed by atoms with Gasteiger partial charge in [-0.15, -0.1) is 11.8 Å². The largest absolute Gasteiger partial charge is 0.481 e. The molecule has 0 saturated carbocycles. The van der Waals surface area contributed by atoms with Crippen LogP contribution < -0.4 is 10.6 Å². The first-order valence-corrected chi connectivity index (χ1v) is 11.6. The standard InChI is InChI=1S/C27H28N2O6/c1-2-3-12-24(25(30)28-14-18-13-17(15-34-18)26(31)32)29-27(33)35-16-23-21-10-6-4-8-19(21)20-9-5-7-11-22(20)23/h4-11,17-18,23-24H,12-16H2,1H3,(H,28,30)(H,29,33)(H,31,32)/t17-,18-,24?/m0/s1. The molecule has 2 aromatic rings. The summed E-state index contributed by atoms with van der Waals surface area (Å²) >= 11 is 0. The van der Waals surface area contributed by atoms with Gasteiger partial charge in [-0.25, -0.2) is 4.79 Å². The van der Waals surface area contributed by atoms with Gasteiger partial charge in [0.2, 0.25) is 5.91 Å². The van der Waals surface area contributed by atoms with Gasteiger partial charge in [-0.2, -0.15) is 0 Å². The Morgan fingerprint density at radius 1 is 1.11 bits per heavy atom. The van der Waals surface area contributed by atoms with Crippen molar-refractivity contribution in [1.82, 2.24) is 10.6 Å². The highest BCUT2D eigenvalue weighted by Gasteiger charge is 2.32. The lowest BCUT2D eigenvalue weighted by atomic mass is 9.98. The molecule has 1 aliphatic carbocycles. The predicted octanol–water partition coefficient (Wildman–Crippen LogP) is 2.91. The second-order valence-electron chi connectivity index (χ2n) is 8.62. The second-order valence-corrected chi connectivity index (χ2v) is 8.62. The number of carbonyl (C=O) groups is 3. The van der Waals surface area contributed by atoms with Gasteiger partial charge in [0, 0.05) is 18.9 Å². The highest BCUT2D eigenvalue weighted by Crippen LogP contribution is 2.44. The monoisotopic (exact) mass is 476 g/mol. The Hall–Kier alpha value is -3.83. The normalized spacial score (nSPS) is 19.0. The first kappa shape index (κ1) is 24.3. The number of fused-ring (bicyclic) bond motifs is 3. The van der Waals surface area contributed by atoms with E-state index >= 15 is 0 Å².